The smallest absolute Gasteiger partial charge is 0.227 e. The summed E-state index contributed by atoms with van der Waals surface area (Å²) in [5.41, 5.74) is 10.6. The first-order valence-corrected chi connectivity index (χ1v) is 7.87. The van der Waals surface area contributed by atoms with Crippen LogP contribution in [0.15, 0.2) is 22.7 Å². The first kappa shape index (κ1) is 12.3. The highest BCUT2D eigenvalue weighted by Gasteiger charge is 2.50. The summed E-state index contributed by atoms with van der Waals surface area (Å²) < 4.78 is 5.50. The normalized spacial score (nSPS) is 21.1. The van der Waals surface area contributed by atoms with Crippen molar-refractivity contribution < 1.29 is 9.32 Å². The molecule has 1 saturated carbocycles. The number of anilines is 2. The Labute approximate surface area is 128 Å². The lowest BCUT2D eigenvalue weighted by atomic mass is 9.79. The first-order valence-electron chi connectivity index (χ1n) is 7.87. The van der Waals surface area contributed by atoms with Gasteiger partial charge >= 0.3 is 0 Å². The van der Waals surface area contributed by atoms with Crippen molar-refractivity contribution in [2.24, 2.45) is 0 Å². The summed E-state index contributed by atoms with van der Waals surface area (Å²) in [7, 11) is 0. The molecule has 112 valence electrons. The third-order valence-electron chi connectivity index (χ3n) is 5.39. The van der Waals surface area contributed by atoms with Crippen molar-refractivity contribution in [2.75, 3.05) is 17.2 Å². The number of aromatic nitrogens is 1. The van der Waals surface area contributed by atoms with Gasteiger partial charge in [0.05, 0.1) is 0 Å². The Morgan fingerprint density at radius 1 is 1.32 bits per heavy atom. The summed E-state index contributed by atoms with van der Waals surface area (Å²) >= 11 is 0. The molecule has 2 fully saturated rings. The molecule has 1 aromatic carbocycles. The second-order valence-corrected chi connectivity index (χ2v) is 6.71. The molecule has 1 amide bonds. The standard InChI is InChI=1S/C17H17N3O2/c18-16-12-9-17(5-6-17)13-4-3-10(20-7-1-2-14(20)21)8-11(13)15(12)22-19-16/h3-4,8H,1-2,5-7,9H2,(H2,18,19). The van der Waals surface area contributed by atoms with Gasteiger partial charge in [-0.05, 0) is 43.4 Å². The van der Waals surface area contributed by atoms with Gasteiger partial charge in [-0.15, -0.1) is 0 Å². The van der Waals surface area contributed by atoms with Crippen LogP contribution >= 0.6 is 0 Å². The quantitative estimate of drug-likeness (QED) is 0.878. The molecule has 5 nitrogen and oxygen atoms in total. The lowest BCUT2D eigenvalue weighted by molar-refractivity contribution is -0.117. The van der Waals surface area contributed by atoms with E-state index in [4.69, 9.17) is 10.3 Å². The van der Waals surface area contributed by atoms with E-state index in [9.17, 15) is 4.79 Å². The minimum atomic E-state index is 0.203. The van der Waals surface area contributed by atoms with Gasteiger partial charge in [0, 0.05) is 35.2 Å². The van der Waals surface area contributed by atoms with Crippen LogP contribution in [0.4, 0.5) is 11.5 Å². The van der Waals surface area contributed by atoms with Crippen molar-refractivity contribution in [2.45, 2.75) is 37.5 Å². The fourth-order valence-corrected chi connectivity index (χ4v) is 4.01. The summed E-state index contributed by atoms with van der Waals surface area (Å²) in [6.45, 7) is 0.800. The summed E-state index contributed by atoms with van der Waals surface area (Å²) in [4.78, 5) is 13.9. The molecule has 1 aliphatic heterocycles. The van der Waals surface area contributed by atoms with Gasteiger partial charge in [-0.25, -0.2) is 0 Å². The molecule has 5 rings (SSSR count). The Bertz CT molecular complexity index is 804. The van der Waals surface area contributed by atoms with E-state index in [0.717, 1.165) is 42.0 Å². The van der Waals surface area contributed by atoms with Gasteiger partial charge in [0.2, 0.25) is 5.91 Å². The van der Waals surface area contributed by atoms with Crippen LogP contribution in [0.25, 0.3) is 11.3 Å². The number of carbonyl (C=O) groups excluding carboxylic acids is 1. The van der Waals surface area contributed by atoms with Gasteiger partial charge < -0.3 is 15.2 Å². The topological polar surface area (TPSA) is 72.4 Å². The summed E-state index contributed by atoms with van der Waals surface area (Å²) in [5, 5.41) is 3.95. The highest BCUT2D eigenvalue weighted by atomic mass is 16.5. The number of nitrogens with zero attached hydrogens (tertiary/aromatic N) is 2. The zero-order valence-corrected chi connectivity index (χ0v) is 12.3. The summed E-state index contributed by atoms with van der Waals surface area (Å²) in [6, 6.07) is 6.33. The number of carbonyl (C=O) groups is 1. The van der Waals surface area contributed by atoms with Crippen LogP contribution in [0.2, 0.25) is 0 Å². The van der Waals surface area contributed by atoms with Crippen molar-refractivity contribution >= 4 is 17.4 Å². The predicted molar refractivity (Wildman–Crippen MR) is 82.6 cm³/mol. The molecule has 2 heterocycles. The van der Waals surface area contributed by atoms with Gasteiger partial charge in [-0.3, -0.25) is 4.79 Å². The number of hydrogen-bond donors (Lipinski definition) is 1. The number of nitrogens with two attached hydrogens (primary N) is 1. The van der Waals surface area contributed by atoms with E-state index >= 15 is 0 Å². The van der Waals surface area contributed by atoms with Crippen LogP contribution < -0.4 is 10.6 Å². The SMILES string of the molecule is Nc1noc2c1CC1(CC1)c1ccc(N3CCCC3=O)cc1-2. The maximum absolute atomic E-state index is 12.0. The van der Waals surface area contributed by atoms with Crippen LogP contribution in [-0.4, -0.2) is 17.6 Å². The molecule has 3 aliphatic rings. The summed E-state index contributed by atoms with van der Waals surface area (Å²) in [5.74, 6) is 1.50. The van der Waals surface area contributed by atoms with Crippen molar-refractivity contribution in [1.82, 2.24) is 5.16 Å². The Hall–Kier alpha value is -2.30. The Morgan fingerprint density at radius 2 is 2.18 bits per heavy atom. The molecule has 0 bridgehead atoms. The van der Waals surface area contributed by atoms with Crippen LogP contribution in [0, 0.1) is 0 Å². The Kier molecular flexibility index (Phi) is 2.18. The minimum Gasteiger partial charge on any atom is -0.381 e. The number of benzene rings is 1. The molecule has 1 saturated heterocycles. The fourth-order valence-electron chi connectivity index (χ4n) is 4.01. The summed E-state index contributed by atoms with van der Waals surface area (Å²) in [6.07, 6.45) is 4.87. The average Bonchev–Trinajstić information content (AvgIpc) is 3.00. The third kappa shape index (κ3) is 1.48. The molecule has 0 radical (unpaired) electrons. The van der Waals surface area contributed by atoms with Crippen molar-refractivity contribution in [1.29, 1.82) is 0 Å². The van der Waals surface area contributed by atoms with Crippen LogP contribution in [0.1, 0.15) is 36.8 Å². The molecule has 0 unspecified atom stereocenters. The maximum Gasteiger partial charge on any atom is 0.227 e. The molecule has 22 heavy (non-hydrogen) atoms. The van der Waals surface area contributed by atoms with Gasteiger partial charge in [0.15, 0.2) is 11.6 Å². The molecule has 1 spiro atoms. The number of nitrogen functional groups attached to an aromatic ring is 1. The van der Waals surface area contributed by atoms with E-state index in [1.807, 2.05) is 4.90 Å². The lowest BCUT2D eigenvalue weighted by Gasteiger charge is -2.26. The van der Waals surface area contributed by atoms with E-state index in [1.54, 1.807) is 0 Å². The monoisotopic (exact) mass is 295 g/mol. The molecule has 2 aromatic rings. The van der Waals surface area contributed by atoms with Crippen LogP contribution in [-0.2, 0) is 16.6 Å². The van der Waals surface area contributed by atoms with E-state index in [1.165, 1.54) is 18.4 Å². The number of rotatable bonds is 1. The molecule has 5 heteroatoms. The van der Waals surface area contributed by atoms with E-state index in [-0.39, 0.29) is 11.3 Å². The van der Waals surface area contributed by atoms with Crippen molar-refractivity contribution in [3.8, 4) is 11.3 Å². The molecular weight excluding hydrogens is 278 g/mol. The van der Waals surface area contributed by atoms with Crippen molar-refractivity contribution in [3.63, 3.8) is 0 Å². The van der Waals surface area contributed by atoms with Gasteiger partial charge in [0.1, 0.15) is 0 Å². The maximum atomic E-state index is 12.0. The van der Waals surface area contributed by atoms with Gasteiger partial charge in [0.25, 0.3) is 0 Å². The largest absolute Gasteiger partial charge is 0.381 e. The molecule has 1 aromatic heterocycles. The first-order chi connectivity index (χ1) is 10.7. The zero-order chi connectivity index (χ0) is 14.9. The fraction of sp³-hybridized carbons (Fsp3) is 0.412. The van der Waals surface area contributed by atoms with Gasteiger partial charge in [-0.2, -0.15) is 0 Å². The van der Waals surface area contributed by atoms with Crippen LogP contribution in [0.3, 0.4) is 0 Å². The Balaban J connectivity index is 1.69. The predicted octanol–water partition coefficient (Wildman–Crippen LogP) is 2.64. The minimum absolute atomic E-state index is 0.203. The van der Waals surface area contributed by atoms with E-state index in [2.05, 4.69) is 23.4 Å². The molecule has 2 N–H and O–H groups in total. The van der Waals surface area contributed by atoms with E-state index < -0.39 is 0 Å². The zero-order valence-electron chi connectivity index (χ0n) is 12.3. The average molecular weight is 295 g/mol. The lowest BCUT2D eigenvalue weighted by Crippen LogP contribution is -2.24. The third-order valence-corrected chi connectivity index (χ3v) is 5.39. The number of hydrogen-bond acceptors (Lipinski definition) is 4. The molecule has 0 atom stereocenters. The number of amides is 1. The molecular formula is C17H17N3O2. The van der Waals surface area contributed by atoms with E-state index in [0.29, 0.717) is 12.2 Å². The van der Waals surface area contributed by atoms with Gasteiger partial charge in [-0.1, -0.05) is 11.2 Å². The highest BCUT2D eigenvalue weighted by Crippen LogP contribution is 2.58. The molecule has 2 aliphatic carbocycles. The second-order valence-electron chi connectivity index (χ2n) is 6.71. The Morgan fingerprint density at radius 3 is 2.91 bits per heavy atom. The van der Waals surface area contributed by atoms with Crippen molar-refractivity contribution in [3.05, 3.63) is 29.3 Å². The number of fused-ring (bicyclic) bond motifs is 4. The second kappa shape index (κ2) is 3.91. The highest BCUT2D eigenvalue weighted by molar-refractivity contribution is 5.96. The van der Waals surface area contributed by atoms with Crippen LogP contribution in [0.5, 0.6) is 0 Å².